The van der Waals surface area contributed by atoms with Crippen LogP contribution in [0.3, 0.4) is 0 Å². The predicted octanol–water partition coefficient (Wildman–Crippen LogP) is 6.62. The Kier molecular flexibility index (Phi) is 10.5. The Labute approximate surface area is 252 Å². The molecule has 1 atom stereocenters. The Hall–Kier alpha value is -4.94. The van der Waals surface area contributed by atoms with Crippen molar-refractivity contribution in [1.82, 2.24) is 5.32 Å². The number of anilines is 1. The van der Waals surface area contributed by atoms with Crippen LogP contribution in [0.25, 0.3) is 0 Å². The Bertz CT molecular complexity index is 1460. The van der Waals surface area contributed by atoms with Crippen LogP contribution in [0.2, 0.25) is 0 Å². The molecular weight excluding hydrogens is 577 g/mol. The molecule has 3 aromatic carbocycles. The van der Waals surface area contributed by atoms with Gasteiger partial charge in [0.05, 0.1) is 6.54 Å². The molecule has 0 saturated heterocycles. The Balaban J connectivity index is 1.53. The highest BCUT2D eigenvalue weighted by Gasteiger charge is 2.31. The second kappa shape index (κ2) is 14.5. The summed E-state index contributed by atoms with van der Waals surface area (Å²) in [5.74, 6) is 4.09. The molecule has 1 fully saturated rings. The van der Waals surface area contributed by atoms with E-state index in [1.807, 2.05) is 24.3 Å². The molecule has 2 amide bonds. The topological polar surface area (TPSA) is 142 Å². The van der Waals surface area contributed by atoms with E-state index in [9.17, 15) is 22.8 Å². The third-order valence-corrected chi connectivity index (χ3v) is 7.28. The van der Waals surface area contributed by atoms with Crippen LogP contribution in [0.4, 0.5) is 18.9 Å². The molecule has 10 nitrogen and oxygen atoms in total. The molecule has 0 bridgehead atoms. The summed E-state index contributed by atoms with van der Waals surface area (Å²) in [6, 6.07) is 19.2. The van der Waals surface area contributed by atoms with Crippen molar-refractivity contribution in [2.45, 2.75) is 64.0 Å². The number of hydrogen-bond acceptors (Lipinski definition) is 7. The second-order valence-corrected chi connectivity index (χ2v) is 10.3. The van der Waals surface area contributed by atoms with Gasteiger partial charge in [-0.05, 0) is 85.3 Å². The van der Waals surface area contributed by atoms with Crippen LogP contribution in [0.5, 0.6) is 11.5 Å². The number of alkyl halides is 3. The van der Waals surface area contributed by atoms with E-state index in [0.717, 1.165) is 25.0 Å². The van der Waals surface area contributed by atoms with Crippen molar-refractivity contribution in [2.75, 3.05) is 4.90 Å². The number of nitrogens with zero attached hydrogens (tertiary/aromatic N) is 3. The first-order valence-corrected chi connectivity index (χ1v) is 14.1. The molecular formula is C31H33F3N6O4. The number of hydrazone groups is 1. The van der Waals surface area contributed by atoms with Gasteiger partial charge in [-0.15, -0.1) is 23.4 Å². The Morgan fingerprint density at radius 2 is 1.59 bits per heavy atom. The fourth-order valence-electron chi connectivity index (χ4n) is 5.06. The third kappa shape index (κ3) is 8.79. The van der Waals surface area contributed by atoms with E-state index < -0.39 is 24.1 Å². The molecule has 1 saturated carbocycles. The molecule has 4 rings (SSSR count). The molecule has 4 N–H and O–H groups in total. The van der Waals surface area contributed by atoms with Crippen molar-refractivity contribution >= 4 is 23.5 Å². The van der Waals surface area contributed by atoms with Crippen molar-refractivity contribution in [3.8, 4) is 11.5 Å². The summed E-state index contributed by atoms with van der Waals surface area (Å²) >= 11 is 0. The summed E-state index contributed by atoms with van der Waals surface area (Å²) in [6.07, 6.45) is 0.0924. The summed E-state index contributed by atoms with van der Waals surface area (Å²) in [4.78, 5) is 27.7. The van der Waals surface area contributed by atoms with Crippen molar-refractivity contribution in [1.29, 1.82) is 5.53 Å². The number of guanidine groups is 1. The lowest BCUT2D eigenvalue weighted by atomic mass is 9.84. The van der Waals surface area contributed by atoms with Gasteiger partial charge in [0.2, 0.25) is 0 Å². The fourth-order valence-corrected chi connectivity index (χ4v) is 5.06. The van der Waals surface area contributed by atoms with Gasteiger partial charge in [0.1, 0.15) is 11.5 Å². The number of carbonyl (C=O) groups is 2. The molecule has 0 spiro atoms. The standard InChI is InChI=1S/C31H33F3N6O4/c1-20(43-26-15-17-27(18-16-26)44-31(32,33)34)29(42)40(25-13-11-23(12-14-25)22-5-3-2-4-6-22)19-21-7-9-24(10-8-21)28(41)37-30(38-35)39-36/h7-18,20,22,35H,2-6,19,36H2,1H3,(H,37,39,41). The van der Waals surface area contributed by atoms with Gasteiger partial charge in [-0.1, -0.05) is 43.5 Å². The first kappa shape index (κ1) is 32.0. The smallest absolute Gasteiger partial charge is 0.481 e. The minimum Gasteiger partial charge on any atom is -0.481 e. The zero-order valence-electron chi connectivity index (χ0n) is 24.0. The van der Waals surface area contributed by atoms with Crippen LogP contribution in [0.1, 0.15) is 66.4 Å². The molecule has 13 heteroatoms. The second-order valence-electron chi connectivity index (χ2n) is 10.3. The summed E-state index contributed by atoms with van der Waals surface area (Å²) in [6.45, 7) is 1.71. The van der Waals surface area contributed by atoms with Crippen molar-refractivity contribution in [3.63, 3.8) is 0 Å². The number of amides is 2. The monoisotopic (exact) mass is 610 g/mol. The van der Waals surface area contributed by atoms with E-state index in [4.69, 9.17) is 16.1 Å². The van der Waals surface area contributed by atoms with Crippen LogP contribution >= 0.6 is 0 Å². The highest BCUT2D eigenvalue weighted by atomic mass is 19.4. The number of rotatable bonds is 9. The van der Waals surface area contributed by atoms with E-state index in [1.54, 1.807) is 36.1 Å². The van der Waals surface area contributed by atoms with Crippen LogP contribution in [-0.2, 0) is 11.3 Å². The van der Waals surface area contributed by atoms with Crippen LogP contribution in [0.15, 0.2) is 83.0 Å². The average Bonchev–Trinajstić information content (AvgIpc) is 3.03. The maximum atomic E-state index is 13.8. The molecule has 0 aliphatic heterocycles. The molecule has 1 aliphatic rings. The van der Waals surface area contributed by atoms with Crippen LogP contribution in [0, 0.1) is 5.53 Å². The average molecular weight is 611 g/mol. The summed E-state index contributed by atoms with van der Waals surface area (Å²) < 4.78 is 47.2. The minimum absolute atomic E-state index is 0.146. The van der Waals surface area contributed by atoms with Crippen LogP contribution in [-0.4, -0.2) is 30.2 Å². The highest BCUT2D eigenvalue weighted by Crippen LogP contribution is 2.34. The summed E-state index contributed by atoms with van der Waals surface area (Å²) in [7, 11) is 0. The lowest BCUT2D eigenvalue weighted by molar-refractivity contribution is -0.274. The normalized spacial score (nSPS) is 14.8. The molecule has 3 aromatic rings. The number of ether oxygens (including phenoxy) is 2. The maximum absolute atomic E-state index is 13.8. The largest absolute Gasteiger partial charge is 0.573 e. The van der Waals surface area contributed by atoms with Gasteiger partial charge in [-0.2, -0.15) is 0 Å². The molecule has 1 aliphatic carbocycles. The summed E-state index contributed by atoms with van der Waals surface area (Å²) in [5.41, 5.74) is 9.81. The van der Waals surface area contributed by atoms with Gasteiger partial charge >= 0.3 is 6.36 Å². The van der Waals surface area contributed by atoms with E-state index in [1.165, 1.54) is 37.0 Å². The zero-order valence-corrected chi connectivity index (χ0v) is 24.0. The molecule has 0 aromatic heterocycles. The zero-order chi connectivity index (χ0) is 31.7. The first-order valence-electron chi connectivity index (χ1n) is 14.1. The first-order chi connectivity index (χ1) is 21.1. The van der Waals surface area contributed by atoms with Gasteiger partial charge in [-0.3, -0.25) is 14.9 Å². The highest BCUT2D eigenvalue weighted by molar-refractivity contribution is 6.05. The number of carbonyl (C=O) groups excluding carboxylic acids is 2. The minimum atomic E-state index is -4.82. The molecule has 232 valence electrons. The van der Waals surface area contributed by atoms with Crippen LogP contribution < -0.4 is 25.5 Å². The quantitative estimate of drug-likeness (QED) is 0.0820. The number of nitrogens with two attached hydrogens (primary N) is 1. The predicted molar refractivity (Wildman–Crippen MR) is 157 cm³/mol. The van der Waals surface area contributed by atoms with Gasteiger partial charge in [0.25, 0.3) is 17.8 Å². The Morgan fingerprint density at radius 1 is 0.977 bits per heavy atom. The van der Waals surface area contributed by atoms with Gasteiger partial charge in [0.15, 0.2) is 6.10 Å². The number of benzene rings is 3. The lowest BCUT2D eigenvalue weighted by Crippen LogP contribution is -2.40. The SMILES string of the molecule is CC(Oc1ccc(OC(F)(F)F)cc1)C(=O)N(Cc1ccc(C(=O)N/C(N=N)=N/N)cc1)c1ccc(C2CCCCC2)cc1. The van der Waals surface area contributed by atoms with Crippen molar-refractivity contribution in [2.24, 2.45) is 16.1 Å². The number of hydrogen-bond donors (Lipinski definition) is 3. The van der Waals surface area contributed by atoms with E-state index in [-0.39, 0.29) is 29.7 Å². The molecule has 1 unspecified atom stereocenters. The Morgan fingerprint density at radius 3 is 2.16 bits per heavy atom. The third-order valence-electron chi connectivity index (χ3n) is 7.28. The molecule has 44 heavy (non-hydrogen) atoms. The van der Waals surface area contributed by atoms with Crippen molar-refractivity contribution in [3.05, 3.63) is 89.5 Å². The van der Waals surface area contributed by atoms with E-state index in [2.05, 4.69) is 20.3 Å². The van der Waals surface area contributed by atoms with Gasteiger partial charge < -0.3 is 20.2 Å². The van der Waals surface area contributed by atoms with Crippen molar-refractivity contribution < 1.29 is 32.2 Å². The fraction of sp³-hybridized carbons (Fsp3) is 0.323. The van der Waals surface area contributed by atoms with Gasteiger partial charge in [-0.25, -0.2) is 5.53 Å². The van der Waals surface area contributed by atoms with E-state index >= 15 is 0 Å². The lowest BCUT2D eigenvalue weighted by Gasteiger charge is -2.28. The number of halogens is 3. The maximum Gasteiger partial charge on any atom is 0.573 e. The summed E-state index contributed by atoms with van der Waals surface area (Å²) in [5, 5.41) is 8.53. The number of nitrogens with one attached hydrogen (secondary N) is 2. The van der Waals surface area contributed by atoms with E-state index in [0.29, 0.717) is 17.2 Å². The molecule has 0 radical (unpaired) electrons. The van der Waals surface area contributed by atoms with Gasteiger partial charge in [0, 0.05) is 11.3 Å². The molecule has 0 heterocycles.